The molecule has 0 saturated heterocycles. The van der Waals surface area contributed by atoms with Crippen molar-refractivity contribution in [3.05, 3.63) is 17.7 Å². The van der Waals surface area contributed by atoms with Crippen molar-refractivity contribution < 1.29 is 42.5 Å². The van der Waals surface area contributed by atoms with Crippen LogP contribution in [0.15, 0.2) is 12.1 Å². The van der Waals surface area contributed by atoms with Gasteiger partial charge in [0.05, 0.1) is 40.0 Å². The van der Waals surface area contributed by atoms with Crippen LogP contribution in [-0.4, -0.2) is 63.7 Å². The number of carbonyl (C=O) groups excluding carboxylic acids is 3. The van der Waals surface area contributed by atoms with Gasteiger partial charge in [-0.1, -0.05) is 13.8 Å². The van der Waals surface area contributed by atoms with Crippen LogP contribution in [0.2, 0.25) is 0 Å². The Hall–Kier alpha value is -3.24. The van der Waals surface area contributed by atoms with Crippen LogP contribution in [-0.2, 0) is 25.6 Å². The molecule has 0 aliphatic heterocycles. The Bertz CT molecular complexity index is 845. The third kappa shape index (κ3) is 10.3. The van der Waals surface area contributed by atoms with Crippen molar-refractivity contribution in [2.45, 2.75) is 65.4 Å². The number of halogens is 1. The van der Waals surface area contributed by atoms with E-state index >= 15 is 0 Å². The molecule has 2 atom stereocenters. The molecule has 2 amide bonds. The van der Waals surface area contributed by atoms with Crippen LogP contribution >= 0.6 is 0 Å². The standard InChI is InChI=1S/C24H37FN2O8/c1-14(2)13-34-22(29)18(27-23(30)35-24(3,4)5)11-17(25)21(28)26-12-16-19(32-7)9-15(31-6)10-20(16)33-8/h9-10,14,17-18H,11-13H2,1-8H3,(H,26,28)(H,27,30)/t17-,18+/m1/s1. The van der Waals surface area contributed by atoms with E-state index in [1.807, 2.05) is 13.8 Å². The summed E-state index contributed by atoms with van der Waals surface area (Å²) in [6.07, 6.45) is -3.69. The number of amides is 2. The summed E-state index contributed by atoms with van der Waals surface area (Å²) in [5.74, 6) is -0.596. The first kappa shape index (κ1) is 29.8. The van der Waals surface area contributed by atoms with E-state index in [1.165, 1.54) is 21.3 Å². The number of hydrogen-bond acceptors (Lipinski definition) is 8. The van der Waals surface area contributed by atoms with E-state index in [2.05, 4.69) is 10.6 Å². The zero-order valence-electron chi connectivity index (χ0n) is 21.7. The van der Waals surface area contributed by atoms with Crippen molar-refractivity contribution in [3.63, 3.8) is 0 Å². The van der Waals surface area contributed by atoms with Gasteiger partial charge in [-0.25, -0.2) is 14.0 Å². The molecule has 0 heterocycles. The average molecular weight is 501 g/mol. The van der Waals surface area contributed by atoms with Crippen molar-refractivity contribution in [2.75, 3.05) is 27.9 Å². The van der Waals surface area contributed by atoms with Crippen LogP contribution in [0.5, 0.6) is 17.2 Å². The summed E-state index contributed by atoms with van der Waals surface area (Å²) in [5.41, 5.74) is -0.365. The van der Waals surface area contributed by atoms with E-state index in [1.54, 1.807) is 32.9 Å². The van der Waals surface area contributed by atoms with Crippen LogP contribution in [0.4, 0.5) is 9.18 Å². The Morgan fingerprint density at radius 1 is 1.00 bits per heavy atom. The number of ether oxygens (including phenoxy) is 5. The van der Waals surface area contributed by atoms with E-state index in [0.29, 0.717) is 22.8 Å². The summed E-state index contributed by atoms with van der Waals surface area (Å²) in [5, 5.41) is 4.76. The molecule has 198 valence electrons. The normalized spacial score (nSPS) is 12.9. The molecule has 0 spiro atoms. The second-order valence-corrected chi connectivity index (χ2v) is 9.15. The summed E-state index contributed by atoms with van der Waals surface area (Å²) in [6.45, 7) is 8.56. The summed E-state index contributed by atoms with van der Waals surface area (Å²) < 4.78 is 41.0. The molecule has 10 nitrogen and oxygen atoms in total. The molecule has 0 aliphatic rings. The van der Waals surface area contributed by atoms with Gasteiger partial charge in [0, 0.05) is 18.6 Å². The fourth-order valence-corrected chi connectivity index (χ4v) is 2.87. The fraction of sp³-hybridized carbons (Fsp3) is 0.625. The third-order valence-corrected chi connectivity index (χ3v) is 4.52. The van der Waals surface area contributed by atoms with Crippen LogP contribution < -0.4 is 24.8 Å². The Morgan fingerprint density at radius 2 is 1.57 bits per heavy atom. The number of rotatable bonds is 12. The lowest BCUT2D eigenvalue weighted by atomic mass is 10.1. The van der Waals surface area contributed by atoms with Gasteiger partial charge in [-0.3, -0.25) is 4.79 Å². The number of benzene rings is 1. The van der Waals surface area contributed by atoms with Gasteiger partial charge in [-0.05, 0) is 26.7 Å². The number of alkyl carbamates (subject to hydrolysis) is 1. The number of methoxy groups -OCH3 is 3. The van der Waals surface area contributed by atoms with Gasteiger partial charge in [0.15, 0.2) is 6.17 Å². The lowest BCUT2D eigenvalue weighted by Gasteiger charge is -2.24. The van der Waals surface area contributed by atoms with Gasteiger partial charge in [-0.2, -0.15) is 0 Å². The lowest BCUT2D eigenvalue weighted by molar-refractivity contribution is -0.148. The molecule has 0 saturated carbocycles. The van der Waals surface area contributed by atoms with Crippen molar-refractivity contribution >= 4 is 18.0 Å². The zero-order valence-corrected chi connectivity index (χ0v) is 21.7. The summed E-state index contributed by atoms with van der Waals surface area (Å²) in [6, 6.07) is 1.78. The first-order chi connectivity index (χ1) is 16.3. The molecule has 1 aromatic carbocycles. The Kier molecular flexibility index (Phi) is 11.6. The third-order valence-electron chi connectivity index (χ3n) is 4.52. The predicted molar refractivity (Wildman–Crippen MR) is 126 cm³/mol. The SMILES string of the molecule is COc1cc(OC)c(CNC(=O)[C@H](F)C[C@H](NC(=O)OC(C)(C)C)C(=O)OCC(C)C)c(OC)c1. The minimum atomic E-state index is -2.13. The Balaban J connectivity index is 2.93. The number of nitrogens with one attached hydrogen (secondary N) is 2. The maximum Gasteiger partial charge on any atom is 0.408 e. The lowest BCUT2D eigenvalue weighted by Crippen LogP contribution is -2.47. The van der Waals surface area contributed by atoms with Gasteiger partial charge in [0.25, 0.3) is 5.91 Å². The van der Waals surface area contributed by atoms with Gasteiger partial charge in [0.1, 0.15) is 28.9 Å². The van der Waals surface area contributed by atoms with Gasteiger partial charge in [-0.15, -0.1) is 0 Å². The van der Waals surface area contributed by atoms with Crippen molar-refractivity contribution in [1.29, 1.82) is 0 Å². The van der Waals surface area contributed by atoms with Crippen molar-refractivity contribution in [1.82, 2.24) is 10.6 Å². The van der Waals surface area contributed by atoms with Crippen molar-refractivity contribution in [3.8, 4) is 17.2 Å². The maximum absolute atomic E-state index is 14.9. The van der Waals surface area contributed by atoms with E-state index < -0.39 is 42.2 Å². The highest BCUT2D eigenvalue weighted by Gasteiger charge is 2.31. The van der Waals surface area contributed by atoms with E-state index in [0.717, 1.165) is 0 Å². The fourth-order valence-electron chi connectivity index (χ4n) is 2.87. The smallest absolute Gasteiger partial charge is 0.408 e. The van der Waals surface area contributed by atoms with E-state index in [-0.39, 0.29) is 19.1 Å². The first-order valence-corrected chi connectivity index (χ1v) is 11.2. The van der Waals surface area contributed by atoms with E-state index in [9.17, 15) is 18.8 Å². The molecule has 0 radical (unpaired) electrons. The molecule has 11 heteroatoms. The van der Waals surface area contributed by atoms with Crippen LogP contribution in [0.3, 0.4) is 0 Å². The monoisotopic (exact) mass is 500 g/mol. The average Bonchev–Trinajstić information content (AvgIpc) is 2.78. The minimum Gasteiger partial charge on any atom is -0.496 e. The molecule has 2 N–H and O–H groups in total. The quantitative estimate of drug-likeness (QED) is 0.420. The van der Waals surface area contributed by atoms with Crippen LogP contribution in [0.1, 0.15) is 46.6 Å². The minimum absolute atomic E-state index is 0.0278. The Morgan fingerprint density at radius 3 is 2.03 bits per heavy atom. The molecule has 0 aliphatic carbocycles. The molecule has 0 bridgehead atoms. The highest BCUT2D eigenvalue weighted by atomic mass is 19.1. The summed E-state index contributed by atoms with van der Waals surface area (Å²) >= 11 is 0. The van der Waals surface area contributed by atoms with Crippen LogP contribution in [0, 0.1) is 5.92 Å². The number of hydrogen-bond donors (Lipinski definition) is 2. The van der Waals surface area contributed by atoms with Crippen molar-refractivity contribution in [2.24, 2.45) is 5.92 Å². The molecule has 0 unspecified atom stereocenters. The Labute approximate surface area is 205 Å². The first-order valence-electron chi connectivity index (χ1n) is 11.2. The summed E-state index contributed by atoms with van der Waals surface area (Å²) in [7, 11) is 4.36. The second kappa shape index (κ2) is 13.6. The summed E-state index contributed by atoms with van der Waals surface area (Å²) in [4.78, 5) is 37.1. The molecule has 0 aromatic heterocycles. The molecule has 0 fully saturated rings. The molecule has 35 heavy (non-hydrogen) atoms. The molecule has 1 rings (SSSR count). The molecular weight excluding hydrogens is 463 g/mol. The maximum atomic E-state index is 14.9. The number of esters is 1. The largest absolute Gasteiger partial charge is 0.496 e. The van der Waals surface area contributed by atoms with Gasteiger partial charge >= 0.3 is 12.1 Å². The number of alkyl halides is 1. The zero-order chi connectivity index (χ0) is 26.8. The van der Waals surface area contributed by atoms with Gasteiger partial charge in [0.2, 0.25) is 0 Å². The van der Waals surface area contributed by atoms with E-state index in [4.69, 9.17) is 23.7 Å². The second-order valence-electron chi connectivity index (χ2n) is 9.15. The molecule has 1 aromatic rings. The van der Waals surface area contributed by atoms with Crippen LogP contribution in [0.25, 0.3) is 0 Å². The highest BCUT2D eigenvalue weighted by molar-refractivity contribution is 5.85. The topological polar surface area (TPSA) is 121 Å². The highest BCUT2D eigenvalue weighted by Crippen LogP contribution is 2.33. The molecular formula is C24H37FN2O8. The number of carbonyl (C=O) groups is 3. The van der Waals surface area contributed by atoms with Gasteiger partial charge < -0.3 is 34.3 Å². The predicted octanol–water partition coefficient (Wildman–Crippen LogP) is 3.15.